The normalized spacial score (nSPS) is 0. The van der Waals surface area contributed by atoms with Gasteiger partial charge in [0.25, 0.3) is 0 Å². The van der Waals surface area contributed by atoms with Gasteiger partial charge in [0, 0.05) is 39.9 Å². The summed E-state index contributed by atoms with van der Waals surface area (Å²) in [7, 11) is 0. The Morgan fingerprint density at radius 1 is 0.300 bits per heavy atom. The molecule has 12 N–H and O–H groups in total. The summed E-state index contributed by atoms with van der Waals surface area (Å²) in [6, 6.07) is 0. The Balaban J connectivity index is 0. The summed E-state index contributed by atoms with van der Waals surface area (Å²) < 4.78 is 0. The van der Waals surface area contributed by atoms with Crippen LogP contribution in [0.4, 0.5) is 0 Å². The first-order chi connectivity index (χ1) is 0. The summed E-state index contributed by atoms with van der Waals surface area (Å²) in [5, 5.41) is 0. The Labute approximate surface area is 109 Å². The van der Waals surface area contributed by atoms with Crippen LogP contribution in [-0.4, -0.2) is 32.9 Å². The Morgan fingerprint density at radius 3 is 0.300 bits per heavy atom. The Bertz CT molecular complexity index is 13.0. The van der Waals surface area contributed by atoms with Crippen molar-refractivity contribution in [1.82, 2.24) is 0 Å². The average molecular weight is 375 g/mol. The predicted octanol–water partition coefficient (Wildman–Crippen LogP) is -3.68. The summed E-state index contributed by atoms with van der Waals surface area (Å²) in [6.45, 7) is 0. The van der Waals surface area contributed by atoms with E-state index in [1.54, 1.807) is 0 Å². The first-order valence-corrected chi connectivity index (χ1v) is 0. The van der Waals surface area contributed by atoms with Crippen LogP contribution in [0.25, 0.3) is 0 Å². The quantitative estimate of drug-likeness (QED) is 0.404. The maximum Gasteiger partial charge on any atom is 0 e. The van der Waals surface area contributed by atoms with Crippen LogP contribution in [0.2, 0.25) is 0 Å². The smallest absolute Gasteiger partial charge is 0 e. The maximum absolute atomic E-state index is 0. The van der Waals surface area contributed by atoms with Crippen molar-refractivity contribution in [2.45, 2.75) is 0 Å². The number of hydrogen-bond donors (Lipinski definition) is 0. The second-order valence-electron chi connectivity index (χ2n) is 0. The third-order valence-electron chi connectivity index (χ3n) is 0. The maximum atomic E-state index is 0. The average Bonchev–Trinajstić information content (AvgIpc) is 0. The molecule has 0 spiro atoms. The molecule has 0 aliphatic heterocycles. The first-order valence-electron chi connectivity index (χ1n) is 0. The van der Waals surface area contributed by atoms with Crippen molar-refractivity contribution < 1.29 is 72.8 Å². The zero-order valence-electron chi connectivity index (χ0n) is 4.58. The zero-order valence-corrected chi connectivity index (χ0v) is 9.30. The molecule has 0 saturated heterocycles. The molecule has 0 aromatic carbocycles. The monoisotopic (exact) mass is 374 g/mol. The molecule has 0 aromatic rings. The van der Waals surface area contributed by atoms with Gasteiger partial charge in [-0.25, -0.2) is 0 Å². The molecular weight excluding hydrogens is 360 g/mol. The van der Waals surface area contributed by atoms with Crippen molar-refractivity contribution in [3.8, 4) is 0 Å². The molecule has 0 unspecified atom stereocenters. The van der Waals surface area contributed by atoms with Crippen molar-refractivity contribution in [1.29, 1.82) is 0 Å². The molecule has 0 saturated carbocycles. The molecule has 0 aromatic heterocycles. The van der Waals surface area contributed by atoms with Crippen LogP contribution in [0.1, 0.15) is 0 Å². The van der Waals surface area contributed by atoms with E-state index in [1.807, 2.05) is 0 Å². The summed E-state index contributed by atoms with van der Waals surface area (Å²) in [5.74, 6) is 0. The van der Waals surface area contributed by atoms with Crippen LogP contribution in [0.5, 0.6) is 0 Å². The Morgan fingerprint density at radius 2 is 0.300 bits per heavy atom. The molecule has 0 atom stereocenters. The SMILES string of the molecule is Cl.Cl.Cl.O.O.O.O.O.O.[Gd]. The van der Waals surface area contributed by atoms with Gasteiger partial charge in [-0.05, 0) is 0 Å². The Kier molecular flexibility index (Phi) is 10700. The Hall–Kier alpha value is 1.95. The van der Waals surface area contributed by atoms with E-state index in [4.69, 9.17) is 0 Å². The summed E-state index contributed by atoms with van der Waals surface area (Å²) in [4.78, 5) is 0. The van der Waals surface area contributed by atoms with Gasteiger partial charge in [-0.3, -0.25) is 0 Å². The molecule has 6 nitrogen and oxygen atoms in total. The van der Waals surface area contributed by atoms with Gasteiger partial charge in [0.15, 0.2) is 0 Å². The van der Waals surface area contributed by atoms with E-state index < -0.39 is 0 Å². The largest absolute Gasteiger partial charge is 0.412 e. The van der Waals surface area contributed by atoms with E-state index in [2.05, 4.69) is 0 Å². The third kappa shape index (κ3) is 209. The van der Waals surface area contributed by atoms with Gasteiger partial charge in [0.1, 0.15) is 0 Å². The summed E-state index contributed by atoms with van der Waals surface area (Å²) >= 11 is 0. The third-order valence-corrected chi connectivity index (χ3v) is 0. The van der Waals surface area contributed by atoms with E-state index >= 15 is 0 Å². The fourth-order valence-electron chi connectivity index (χ4n) is 0. The van der Waals surface area contributed by atoms with Crippen LogP contribution in [0.3, 0.4) is 0 Å². The molecule has 0 amide bonds. The van der Waals surface area contributed by atoms with Gasteiger partial charge < -0.3 is 32.9 Å². The molecule has 0 bridgehead atoms. The minimum atomic E-state index is 0. The summed E-state index contributed by atoms with van der Waals surface area (Å²) in [6.07, 6.45) is 0. The number of hydrogen-bond acceptors (Lipinski definition) is 0. The van der Waals surface area contributed by atoms with Crippen molar-refractivity contribution in [3.63, 3.8) is 0 Å². The van der Waals surface area contributed by atoms with Gasteiger partial charge in [-0.2, -0.15) is 0 Å². The zero-order chi connectivity index (χ0) is 0. The van der Waals surface area contributed by atoms with Crippen LogP contribution in [0.15, 0.2) is 0 Å². The van der Waals surface area contributed by atoms with Gasteiger partial charge in [-0.15, -0.1) is 37.2 Å². The van der Waals surface area contributed by atoms with Crippen LogP contribution < -0.4 is 0 Å². The van der Waals surface area contributed by atoms with Crippen molar-refractivity contribution in [2.75, 3.05) is 0 Å². The first kappa shape index (κ1) is 375. The number of halogens is 3. The molecule has 0 heterocycles. The summed E-state index contributed by atoms with van der Waals surface area (Å²) in [5.41, 5.74) is 0. The van der Waals surface area contributed by atoms with Crippen LogP contribution in [-0.2, 0) is 0 Å². The minimum absolute atomic E-state index is 0. The molecular formula is H15Cl3GdO6. The fourth-order valence-corrected chi connectivity index (χ4v) is 0. The molecule has 0 radical (unpaired) electrons. The van der Waals surface area contributed by atoms with Crippen molar-refractivity contribution in [3.05, 3.63) is 0 Å². The van der Waals surface area contributed by atoms with Crippen LogP contribution >= 0.6 is 37.2 Å². The van der Waals surface area contributed by atoms with E-state index in [1.165, 1.54) is 0 Å². The minimum Gasteiger partial charge on any atom is -0.412 e. The second kappa shape index (κ2) is 284. The van der Waals surface area contributed by atoms with E-state index in [9.17, 15) is 0 Å². The van der Waals surface area contributed by atoms with Crippen LogP contribution in [0, 0.1) is 39.9 Å². The molecule has 10 heavy (non-hydrogen) atoms. The molecule has 0 aliphatic carbocycles. The molecule has 0 fully saturated rings. The molecule has 0 rings (SSSR count). The predicted molar refractivity (Wildman–Crippen MR) is 43.4 cm³/mol. The molecule has 0 aliphatic rings. The van der Waals surface area contributed by atoms with Gasteiger partial charge in [-0.1, -0.05) is 0 Å². The standard InChI is InChI=1S/3ClH.Gd.6H2O/h3*1H;;6*1H2. The molecule has 80 valence electrons. The van der Waals surface area contributed by atoms with E-state index in [0.717, 1.165) is 0 Å². The molecule has 10 heteroatoms. The number of rotatable bonds is 0. The van der Waals surface area contributed by atoms with Crippen molar-refractivity contribution in [2.24, 2.45) is 0 Å². The van der Waals surface area contributed by atoms with E-state index in [0.29, 0.717) is 0 Å². The second-order valence-corrected chi connectivity index (χ2v) is 0. The fraction of sp³-hybridized carbons (Fsp3) is 0. The van der Waals surface area contributed by atoms with Gasteiger partial charge in [0.05, 0.1) is 0 Å². The van der Waals surface area contributed by atoms with E-state index in [-0.39, 0.29) is 110 Å². The topological polar surface area (TPSA) is 189 Å². The van der Waals surface area contributed by atoms with Gasteiger partial charge in [0.2, 0.25) is 0 Å². The van der Waals surface area contributed by atoms with Gasteiger partial charge >= 0.3 is 0 Å². The van der Waals surface area contributed by atoms with Crippen molar-refractivity contribution >= 4 is 37.2 Å².